The van der Waals surface area contributed by atoms with E-state index in [2.05, 4.69) is 0 Å². The molecule has 18 heavy (non-hydrogen) atoms. The Labute approximate surface area is 108 Å². The summed E-state index contributed by atoms with van der Waals surface area (Å²) in [6.07, 6.45) is -0.0642. The van der Waals surface area contributed by atoms with Crippen LogP contribution < -0.4 is 0 Å². The fourth-order valence-corrected chi connectivity index (χ4v) is 1.63. The zero-order valence-electron chi connectivity index (χ0n) is 11.4. The van der Waals surface area contributed by atoms with Gasteiger partial charge in [-0.3, -0.25) is 9.59 Å². The highest BCUT2D eigenvalue weighted by Gasteiger charge is 2.35. The van der Waals surface area contributed by atoms with Gasteiger partial charge in [-0.2, -0.15) is 0 Å². The van der Waals surface area contributed by atoms with Crippen molar-refractivity contribution in [2.24, 2.45) is 5.41 Å². The number of carbonyl (C=O) groups is 2. The lowest BCUT2D eigenvalue weighted by Crippen LogP contribution is -2.39. The monoisotopic (exact) mass is 248 g/mol. The molecular formula is C15H20O3. The van der Waals surface area contributed by atoms with Crippen LogP contribution in [0.15, 0.2) is 30.3 Å². The molecule has 0 aliphatic rings. The maximum Gasteiger partial charge on any atom is 0.302 e. The van der Waals surface area contributed by atoms with Crippen LogP contribution in [-0.4, -0.2) is 17.9 Å². The Morgan fingerprint density at radius 1 is 1.22 bits per heavy atom. The Morgan fingerprint density at radius 3 is 2.28 bits per heavy atom. The second-order valence-corrected chi connectivity index (χ2v) is 5.06. The fraction of sp³-hybridized carbons (Fsp3) is 0.467. The van der Waals surface area contributed by atoms with Crippen molar-refractivity contribution in [3.8, 4) is 0 Å². The second kappa shape index (κ2) is 5.80. The third kappa shape index (κ3) is 3.69. The first-order valence-corrected chi connectivity index (χ1v) is 6.08. The van der Waals surface area contributed by atoms with Gasteiger partial charge in [0.15, 0.2) is 0 Å². The average Bonchev–Trinajstić information content (AvgIpc) is 2.29. The van der Waals surface area contributed by atoms with E-state index < -0.39 is 11.5 Å². The molecule has 1 aromatic carbocycles. The quantitative estimate of drug-likeness (QED) is 0.752. The minimum Gasteiger partial charge on any atom is -0.462 e. The largest absolute Gasteiger partial charge is 0.462 e. The van der Waals surface area contributed by atoms with E-state index in [1.807, 2.05) is 44.2 Å². The minimum atomic E-state index is -0.679. The molecular weight excluding hydrogens is 228 g/mol. The van der Waals surface area contributed by atoms with Crippen molar-refractivity contribution >= 4 is 11.8 Å². The molecule has 0 fully saturated rings. The molecule has 0 spiro atoms. The van der Waals surface area contributed by atoms with Gasteiger partial charge in [-0.15, -0.1) is 0 Å². The number of hydrogen-bond donors (Lipinski definition) is 0. The summed E-state index contributed by atoms with van der Waals surface area (Å²) in [5.74, 6) is -0.287. The van der Waals surface area contributed by atoms with Gasteiger partial charge in [-0.05, 0) is 26.3 Å². The van der Waals surface area contributed by atoms with Crippen molar-refractivity contribution in [2.45, 2.75) is 40.2 Å². The van der Waals surface area contributed by atoms with Gasteiger partial charge in [0.1, 0.15) is 11.9 Å². The first kappa shape index (κ1) is 14.4. The Balaban J connectivity index is 2.73. The summed E-state index contributed by atoms with van der Waals surface area (Å²) in [6.45, 7) is 6.73. The predicted octanol–water partition coefficient (Wildman–Crippen LogP) is 2.78. The molecule has 3 nitrogen and oxygen atoms in total. The van der Waals surface area contributed by atoms with Crippen LogP contribution in [0.5, 0.6) is 0 Å². The molecule has 1 unspecified atom stereocenters. The van der Waals surface area contributed by atoms with Crippen LogP contribution in [0.4, 0.5) is 0 Å². The van der Waals surface area contributed by atoms with Crippen molar-refractivity contribution in [1.29, 1.82) is 0 Å². The predicted molar refractivity (Wildman–Crippen MR) is 70.2 cm³/mol. The smallest absolute Gasteiger partial charge is 0.302 e. The maximum absolute atomic E-state index is 12.3. The average molecular weight is 248 g/mol. The van der Waals surface area contributed by atoms with Gasteiger partial charge in [-0.1, -0.05) is 30.3 Å². The molecule has 0 aliphatic heterocycles. The van der Waals surface area contributed by atoms with Gasteiger partial charge in [0.25, 0.3) is 0 Å². The molecule has 0 heterocycles. The normalized spacial score (nSPS) is 12.9. The number of carbonyl (C=O) groups excluding carboxylic acids is 2. The van der Waals surface area contributed by atoms with Crippen molar-refractivity contribution in [3.05, 3.63) is 35.9 Å². The van der Waals surface area contributed by atoms with Crippen molar-refractivity contribution in [3.63, 3.8) is 0 Å². The zero-order valence-corrected chi connectivity index (χ0v) is 11.4. The molecule has 1 aromatic rings. The molecule has 0 bridgehead atoms. The van der Waals surface area contributed by atoms with E-state index in [1.165, 1.54) is 6.92 Å². The molecule has 1 rings (SSSR count). The van der Waals surface area contributed by atoms with Crippen LogP contribution in [0.2, 0.25) is 0 Å². The van der Waals surface area contributed by atoms with Gasteiger partial charge >= 0.3 is 5.97 Å². The van der Waals surface area contributed by atoms with Crippen molar-refractivity contribution in [1.82, 2.24) is 0 Å². The van der Waals surface area contributed by atoms with Gasteiger partial charge in [0.05, 0.1) is 5.41 Å². The van der Waals surface area contributed by atoms with E-state index in [9.17, 15) is 9.59 Å². The maximum atomic E-state index is 12.3. The van der Waals surface area contributed by atoms with E-state index >= 15 is 0 Å². The third-order valence-corrected chi connectivity index (χ3v) is 3.29. The van der Waals surface area contributed by atoms with Gasteiger partial charge in [0.2, 0.25) is 0 Å². The van der Waals surface area contributed by atoms with Crippen LogP contribution in [0, 0.1) is 5.41 Å². The third-order valence-electron chi connectivity index (χ3n) is 3.29. The number of ketones is 1. The number of rotatable bonds is 5. The molecule has 0 N–H and O–H groups in total. The zero-order chi connectivity index (χ0) is 13.8. The fourth-order valence-electron chi connectivity index (χ4n) is 1.63. The number of esters is 1. The summed E-state index contributed by atoms with van der Waals surface area (Å²) in [5.41, 5.74) is 0.298. The van der Waals surface area contributed by atoms with E-state index in [4.69, 9.17) is 4.74 Å². The number of hydrogen-bond acceptors (Lipinski definition) is 3. The van der Waals surface area contributed by atoms with Crippen molar-refractivity contribution < 1.29 is 14.3 Å². The Bertz CT molecular complexity index is 421. The molecule has 1 atom stereocenters. The molecule has 0 aliphatic carbocycles. The number of benzene rings is 1. The summed E-state index contributed by atoms with van der Waals surface area (Å²) in [6, 6.07) is 9.58. The van der Waals surface area contributed by atoms with E-state index in [0.717, 1.165) is 5.56 Å². The Kier molecular flexibility index (Phi) is 4.65. The van der Waals surface area contributed by atoms with Crippen molar-refractivity contribution in [2.75, 3.05) is 0 Å². The summed E-state index contributed by atoms with van der Waals surface area (Å²) in [7, 11) is 0. The lowest BCUT2D eigenvalue weighted by Gasteiger charge is -2.29. The molecule has 98 valence electrons. The van der Waals surface area contributed by atoms with E-state index in [0.29, 0.717) is 6.42 Å². The summed E-state index contributed by atoms with van der Waals surface area (Å²) >= 11 is 0. The first-order valence-electron chi connectivity index (χ1n) is 6.08. The second-order valence-electron chi connectivity index (χ2n) is 5.06. The lowest BCUT2D eigenvalue weighted by atomic mass is 9.80. The Morgan fingerprint density at radius 2 is 1.78 bits per heavy atom. The molecule has 0 saturated heterocycles. The van der Waals surface area contributed by atoms with Crippen LogP contribution in [-0.2, 0) is 20.7 Å². The van der Waals surface area contributed by atoms with Gasteiger partial charge in [0, 0.05) is 13.3 Å². The molecule has 0 radical (unpaired) electrons. The summed E-state index contributed by atoms with van der Waals surface area (Å²) in [5, 5.41) is 0. The molecule has 0 aromatic heterocycles. The van der Waals surface area contributed by atoms with Crippen LogP contribution >= 0.6 is 0 Å². The lowest BCUT2D eigenvalue weighted by molar-refractivity contribution is -0.154. The van der Waals surface area contributed by atoms with Gasteiger partial charge in [-0.25, -0.2) is 0 Å². The van der Waals surface area contributed by atoms with E-state index in [-0.39, 0.29) is 11.8 Å². The molecule has 0 amide bonds. The minimum absolute atomic E-state index is 0.0717. The summed E-state index contributed by atoms with van der Waals surface area (Å²) in [4.78, 5) is 23.2. The Hall–Kier alpha value is -1.64. The molecule has 0 saturated carbocycles. The first-order chi connectivity index (χ1) is 8.34. The SMILES string of the molecule is CC(=O)OC(C)C(C)(C)C(=O)Cc1ccccc1. The van der Waals surface area contributed by atoms with Crippen LogP contribution in [0.1, 0.15) is 33.3 Å². The standard InChI is InChI=1S/C15H20O3/c1-11(18-12(2)16)15(3,4)14(17)10-13-8-6-5-7-9-13/h5-9,11H,10H2,1-4H3. The van der Waals surface area contributed by atoms with E-state index in [1.54, 1.807) is 6.92 Å². The highest BCUT2D eigenvalue weighted by Crippen LogP contribution is 2.26. The number of ether oxygens (including phenoxy) is 1. The molecule has 3 heteroatoms. The topological polar surface area (TPSA) is 43.4 Å². The van der Waals surface area contributed by atoms with Crippen LogP contribution in [0.25, 0.3) is 0 Å². The van der Waals surface area contributed by atoms with Gasteiger partial charge < -0.3 is 4.74 Å². The highest BCUT2D eigenvalue weighted by molar-refractivity contribution is 5.87. The highest BCUT2D eigenvalue weighted by atomic mass is 16.5. The summed E-state index contributed by atoms with van der Waals surface area (Å²) < 4.78 is 5.11. The number of Topliss-reactive ketones (excluding diaryl/α,β-unsaturated/α-hetero) is 1. The van der Waals surface area contributed by atoms with Crippen LogP contribution in [0.3, 0.4) is 0 Å².